The van der Waals surface area contributed by atoms with Crippen molar-refractivity contribution in [2.24, 2.45) is 11.3 Å². The molecule has 0 aromatic carbocycles. The molecule has 0 aliphatic carbocycles. The number of carboxylic acids is 2. The molecular formula is C24H31F6N3O6. The molecule has 3 aliphatic heterocycles. The number of ether oxygens (including phenoxy) is 1. The van der Waals surface area contributed by atoms with Crippen molar-refractivity contribution in [1.29, 1.82) is 0 Å². The maximum Gasteiger partial charge on any atom is 0.490 e. The molecule has 3 saturated heterocycles. The van der Waals surface area contributed by atoms with Crippen LogP contribution >= 0.6 is 0 Å². The first-order valence-corrected chi connectivity index (χ1v) is 12.2. The number of aromatic nitrogens is 1. The van der Waals surface area contributed by atoms with Gasteiger partial charge in [0.25, 0.3) is 0 Å². The lowest BCUT2D eigenvalue weighted by molar-refractivity contribution is -0.193. The zero-order chi connectivity index (χ0) is 29.3. The first kappa shape index (κ1) is 32.3. The van der Waals surface area contributed by atoms with Crippen LogP contribution in [-0.4, -0.2) is 94.6 Å². The highest BCUT2D eigenvalue weighted by Gasteiger charge is 2.48. The number of piperidine rings is 1. The highest BCUT2D eigenvalue weighted by molar-refractivity contribution is 5.85. The number of alkyl halides is 6. The molecule has 1 spiro atoms. The van der Waals surface area contributed by atoms with Crippen LogP contribution in [0.1, 0.15) is 37.7 Å². The number of carboxylic acid groups (broad SMARTS) is 2. The molecule has 9 nitrogen and oxygen atoms in total. The van der Waals surface area contributed by atoms with Gasteiger partial charge in [0.1, 0.15) is 0 Å². The Morgan fingerprint density at radius 2 is 1.62 bits per heavy atom. The van der Waals surface area contributed by atoms with Gasteiger partial charge < -0.3 is 24.7 Å². The van der Waals surface area contributed by atoms with Crippen LogP contribution < -0.4 is 0 Å². The average molecular weight is 572 g/mol. The molecule has 3 fully saturated rings. The van der Waals surface area contributed by atoms with Crippen molar-refractivity contribution < 1.29 is 55.7 Å². The number of rotatable bonds is 4. The minimum atomic E-state index is -5.08. The quantitative estimate of drug-likeness (QED) is 0.527. The Morgan fingerprint density at radius 1 is 1.03 bits per heavy atom. The van der Waals surface area contributed by atoms with Gasteiger partial charge >= 0.3 is 24.3 Å². The van der Waals surface area contributed by atoms with E-state index in [1.807, 2.05) is 12.3 Å². The lowest BCUT2D eigenvalue weighted by atomic mass is 9.78. The molecule has 15 heteroatoms. The molecular weight excluding hydrogens is 540 g/mol. The van der Waals surface area contributed by atoms with Crippen LogP contribution in [0, 0.1) is 11.3 Å². The number of hydrogen-bond donors (Lipinski definition) is 2. The zero-order valence-corrected chi connectivity index (χ0v) is 21.0. The number of aliphatic carboxylic acids is 2. The number of nitrogens with zero attached hydrogens (tertiary/aromatic N) is 3. The molecule has 4 rings (SSSR count). The Kier molecular flexibility index (Phi) is 11.5. The summed E-state index contributed by atoms with van der Waals surface area (Å²) in [5.41, 5.74) is 0.994. The summed E-state index contributed by atoms with van der Waals surface area (Å²) in [5, 5.41) is 14.2. The molecule has 1 atom stereocenters. The molecule has 0 radical (unpaired) electrons. The van der Waals surface area contributed by atoms with Crippen LogP contribution in [0.15, 0.2) is 24.5 Å². The maximum absolute atomic E-state index is 13.2. The Balaban J connectivity index is 0.000000317. The summed E-state index contributed by atoms with van der Waals surface area (Å²) in [6.07, 6.45) is -0.955. The fourth-order valence-electron chi connectivity index (χ4n) is 4.81. The van der Waals surface area contributed by atoms with Gasteiger partial charge in [-0.25, -0.2) is 9.59 Å². The van der Waals surface area contributed by atoms with Gasteiger partial charge in [-0.05, 0) is 56.2 Å². The van der Waals surface area contributed by atoms with E-state index in [9.17, 15) is 31.1 Å². The number of hydrogen-bond acceptors (Lipinski definition) is 6. The predicted octanol–water partition coefficient (Wildman–Crippen LogP) is 3.59. The summed E-state index contributed by atoms with van der Waals surface area (Å²) < 4.78 is 69.0. The van der Waals surface area contributed by atoms with Gasteiger partial charge in [0.2, 0.25) is 5.91 Å². The lowest BCUT2D eigenvalue weighted by Crippen LogP contribution is -2.49. The summed E-state index contributed by atoms with van der Waals surface area (Å²) in [7, 11) is 0. The second kappa shape index (κ2) is 13.9. The standard InChI is InChI=1S/C20H29N3O2.2C2HF3O2/c24-19-20(7-10-23(19)15-18-3-1-8-21-13-18)6-2-9-22(16-20)14-17-4-11-25-12-5-17;2*3-2(4,5)1(6)7/h1,3,8,13,17H,2,4-7,9-12,14-16H2;2*(H,6,7). The van der Waals surface area contributed by atoms with Crippen molar-refractivity contribution in [3.63, 3.8) is 0 Å². The minimum absolute atomic E-state index is 0.133. The second-order valence-corrected chi connectivity index (χ2v) is 9.62. The number of carbonyl (C=O) groups is 3. The van der Waals surface area contributed by atoms with Gasteiger partial charge in [-0.15, -0.1) is 0 Å². The molecule has 0 saturated carbocycles. The van der Waals surface area contributed by atoms with Gasteiger partial charge in [0.15, 0.2) is 0 Å². The van der Waals surface area contributed by atoms with Gasteiger partial charge in [-0.3, -0.25) is 9.78 Å². The fourth-order valence-corrected chi connectivity index (χ4v) is 4.81. The Morgan fingerprint density at radius 3 is 2.13 bits per heavy atom. The van der Waals surface area contributed by atoms with E-state index in [1.54, 1.807) is 6.20 Å². The van der Waals surface area contributed by atoms with Crippen molar-refractivity contribution in [3.05, 3.63) is 30.1 Å². The van der Waals surface area contributed by atoms with Crippen LogP contribution in [0.2, 0.25) is 0 Å². The fraction of sp³-hybridized carbons (Fsp3) is 0.667. The zero-order valence-electron chi connectivity index (χ0n) is 21.0. The van der Waals surface area contributed by atoms with Crippen molar-refractivity contribution >= 4 is 17.8 Å². The van der Waals surface area contributed by atoms with Crippen molar-refractivity contribution in [2.45, 2.75) is 51.0 Å². The summed E-state index contributed by atoms with van der Waals surface area (Å²) in [4.78, 5) is 39.8. The van der Waals surface area contributed by atoms with Crippen LogP contribution in [-0.2, 0) is 25.7 Å². The Labute approximate surface area is 220 Å². The number of carbonyl (C=O) groups excluding carboxylic acids is 1. The summed E-state index contributed by atoms with van der Waals surface area (Å²) >= 11 is 0. The van der Waals surface area contributed by atoms with Gasteiger partial charge in [0.05, 0.1) is 5.41 Å². The van der Waals surface area contributed by atoms with Gasteiger partial charge in [0, 0.05) is 51.8 Å². The third-order valence-corrected chi connectivity index (χ3v) is 6.70. The SMILES string of the molecule is O=C(O)C(F)(F)F.O=C(O)C(F)(F)F.O=C1N(Cc2cccnc2)CCC12CCCN(CC1CCOCC1)C2. The van der Waals surface area contributed by atoms with E-state index >= 15 is 0 Å². The maximum atomic E-state index is 13.2. The van der Waals surface area contributed by atoms with E-state index in [0.717, 1.165) is 70.1 Å². The van der Waals surface area contributed by atoms with E-state index in [-0.39, 0.29) is 5.41 Å². The normalized spacial score (nSPS) is 22.5. The van der Waals surface area contributed by atoms with Crippen LogP contribution in [0.4, 0.5) is 26.3 Å². The third-order valence-electron chi connectivity index (χ3n) is 6.70. The minimum Gasteiger partial charge on any atom is -0.475 e. The van der Waals surface area contributed by atoms with Crippen LogP contribution in [0.3, 0.4) is 0 Å². The topological polar surface area (TPSA) is 120 Å². The molecule has 1 aromatic heterocycles. The number of halogens is 6. The molecule has 3 aliphatic rings. The number of amides is 1. The molecule has 1 aromatic rings. The van der Waals surface area contributed by atoms with E-state index in [1.165, 1.54) is 12.8 Å². The molecule has 39 heavy (non-hydrogen) atoms. The Hall–Kier alpha value is -2.94. The average Bonchev–Trinajstić information content (AvgIpc) is 3.14. The van der Waals surface area contributed by atoms with Crippen molar-refractivity contribution in [1.82, 2.24) is 14.8 Å². The molecule has 220 valence electrons. The predicted molar refractivity (Wildman–Crippen MR) is 123 cm³/mol. The summed E-state index contributed by atoms with van der Waals surface area (Å²) in [6, 6.07) is 4.01. The summed E-state index contributed by atoms with van der Waals surface area (Å²) in [5.74, 6) is -4.40. The van der Waals surface area contributed by atoms with Crippen LogP contribution in [0.25, 0.3) is 0 Å². The summed E-state index contributed by atoms with van der Waals surface area (Å²) in [6.45, 7) is 6.64. The first-order chi connectivity index (χ1) is 18.1. The monoisotopic (exact) mass is 571 g/mol. The molecule has 4 heterocycles. The largest absolute Gasteiger partial charge is 0.490 e. The second-order valence-electron chi connectivity index (χ2n) is 9.62. The van der Waals surface area contributed by atoms with E-state index in [4.69, 9.17) is 24.5 Å². The van der Waals surface area contributed by atoms with Gasteiger partial charge in [-0.2, -0.15) is 26.3 Å². The van der Waals surface area contributed by atoms with E-state index in [0.29, 0.717) is 12.5 Å². The highest BCUT2D eigenvalue weighted by atomic mass is 19.4. The molecule has 1 unspecified atom stereocenters. The number of pyridine rings is 1. The van der Waals surface area contributed by atoms with Crippen molar-refractivity contribution in [2.75, 3.05) is 39.4 Å². The van der Waals surface area contributed by atoms with Crippen LogP contribution in [0.5, 0.6) is 0 Å². The lowest BCUT2D eigenvalue weighted by Gasteiger charge is -2.41. The third kappa shape index (κ3) is 10.3. The van der Waals surface area contributed by atoms with Crippen molar-refractivity contribution in [3.8, 4) is 0 Å². The van der Waals surface area contributed by atoms with E-state index < -0.39 is 24.3 Å². The Bertz CT molecular complexity index is 932. The van der Waals surface area contributed by atoms with Gasteiger partial charge in [-0.1, -0.05) is 6.07 Å². The first-order valence-electron chi connectivity index (χ1n) is 12.2. The molecule has 1 amide bonds. The van der Waals surface area contributed by atoms with E-state index in [2.05, 4.69) is 20.9 Å². The molecule has 2 N–H and O–H groups in total. The highest BCUT2D eigenvalue weighted by Crippen LogP contribution is 2.41. The number of likely N-dealkylation sites (tertiary alicyclic amines) is 2. The smallest absolute Gasteiger partial charge is 0.475 e. The molecule has 0 bridgehead atoms.